The molecule has 4 amide bonds. The summed E-state index contributed by atoms with van der Waals surface area (Å²) in [4.78, 5) is 80.8. The number of piperazine rings is 2. The minimum absolute atomic E-state index is 0.0574. The molecule has 6 fully saturated rings. The number of likely N-dealkylation sites (N-methyl/N-ethyl adjacent to an activating group) is 1. The van der Waals surface area contributed by atoms with Gasteiger partial charge in [0.2, 0.25) is 18.2 Å². The SMILES string of the molecule is C#Cc1c(F)ccc2cc(OCOC)cc(-c3ncc4c(N5CC6CCC(C5)N6C(=O)OC(C)(C)C)nc(OCCN5CCC(F)(CN6CCN(CC7CCN(c8ccc(N(C)C9CCC(=O)NC9=O)c(N(C)C=O)c8)CC7)CC6)CC5)nc4c3F)c12. The minimum Gasteiger partial charge on any atom is -0.468 e. The molecule has 3 atom stereocenters. The van der Waals surface area contributed by atoms with Gasteiger partial charge in [-0.15, -0.1) is 6.42 Å². The first-order valence-corrected chi connectivity index (χ1v) is 30.4. The molecule has 0 saturated carbocycles. The number of pyridine rings is 1. The van der Waals surface area contributed by atoms with E-state index in [9.17, 15) is 19.2 Å². The molecule has 8 heterocycles. The maximum Gasteiger partial charge on any atom is 0.410 e. The number of ether oxygens (including phenoxy) is 4. The van der Waals surface area contributed by atoms with E-state index in [0.29, 0.717) is 92.5 Å². The number of halogens is 3. The van der Waals surface area contributed by atoms with E-state index in [4.69, 9.17) is 30.4 Å². The first-order valence-electron chi connectivity index (χ1n) is 30.4. The van der Waals surface area contributed by atoms with Crippen LogP contribution in [-0.2, 0) is 23.9 Å². The molecule has 2 aromatic heterocycles. The van der Waals surface area contributed by atoms with Crippen molar-refractivity contribution >= 4 is 68.9 Å². The van der Waals surface area contributed by atoms with E-state index in [0.717, 1.165) is 89.3 Å². The maximum absolute atomic E-state index is 17.6. The summed E-state index contributed by atoms with van der Waals surface area (Å²) < 4.78 is 72.7. The number of carbonyl (C=O) groups is 4. The van der Waals surface area contributed by atoms with E-state index in [1.54, 1.807) is 25.2 Å². The second kappa shape index (κ2) is 25.7. The van der Waals surface area contributed by atoms with Gasteiger partial charge in [0.05, 0.1) is 34.4 Å². The van der Waals surface area contributed by atoms with E-state index >= 15 is 13.2 Å². The fraction of sp³-hybridized carbons (Fsp3) is 0.547. The Labute approximate surface area is 506 Å². The fourth-order valence-corrected chi connectivity index (χ4v) is 13.6. The lowest BCUT2D eigenvalue weighted by Crippen LogP contribution is -2.57. The maximum atomic E-state index is 17.6. The highest BCUT2D eigenvalue weighted by Crippen LogP contribution is 2.42. The van der Waals surface area contributed by atoms with Crippen molar-refractivity contribution in [3.8, 4) is 35.4 Å². The van der Waals surface area contributed by atoms with Crippen LogP contribution in [0, 0.1) is 29.9 Å². The van der Waals surface area contributed by atoms with Crippen LogP contribution < -0.4 is 34.4 Å². The van der Waals surface area contributed by atoms with Crippen molar-refractivity contribution in [2.45, 2.75) is 102 Å². The zero-order valence-corrected chi connectivity index (χ0v) is 50.7. The zero-order chi connectivity index (χ0) is 61.3. The number of nitrogens with zero attached hydrogens (tertiary/aromatic N) is 11. The molecule has 6 aliphatic heterocycles. The van der Waals surface area contributed by atoms with Crippen molar-refractivity contribution < 1.29 is 51.3 Å². The third-order valence-electron chi connectivity index (χ3n) is 18.2. The van der Waals surface area contributed by atoms with Crippen molar-refractivity contribution in [2.24, 2.45) is 5.92 Å². The van der Waals surface area contributed by atoms with Gasteiger partial charge < -0.3 is 43.4 Å². The molecule has 87 heavy (non-hydrogen) atoms. The van der Waals surface area contributed by atoms with Crippen LogP contribution in [0.25, 0.3) is 32.9 Å². The number of anilines is 4. The van der Waals surface area contributed by atoms with Crippen LogP contribution in [0.15, 0.2) is 48.7 Å². The summed E-state index contributed by atoms with van der Waals surface area (Å²) >= 11 is 0. The monoisotopic (exact) mass is 1200 g/mol. The minimum atomic E-state index is -1.33. The number of alkyl halides is 1. The van der Waals surface area contributed by atoms with Gasteiger partial charge in [0.1, 0.15) is 52.5 Å². The van der Waals surface area contributed by atoms with Gasteiger partial charge in [0.25, 0.3) is 0 Å². The lowest BCUT2D eigenvalue weighted by atomic mass is 9.92. The average Bonchev–Trinajstić information content (AvgIpc) is 2.14. The zero-order valence-electron chi connectivity index (χ0n) is 50.7. The Morgan fingerprint density at radius 2 is 1.60 bits per heavy atom. The number of methoxy groups -OCH3 is 1. The number of terminal acetylenes is 1. The average molecular weight is 1200 g/mol. The van der Waals surface area contributed by atoms with Crippen LogP contribution in [0.5, 0.6) is 11.8 Å². The lowest BCUT2D eigenvalue weighted by Gasteiger charge is -2.43. The quantitative estimate of drug-likeness (QED) is 0.0401. The number of aromatic nitrogens is 3. The Morgan fingerprint density at radius 3 is 2.28 bits per heavy atom. The smallest absolute Gasteiger partial charge is 0.410 e. The van der Waals surface area contributed by atoms with E-state index in [2.05, 4.69) is 40.8 Å². The summed E-state index contributed by atoms with van der Waals surface area (Å²) in [5, 5.41) is 3.54. The highest BCUT2D eigenvalue weighted by Gasteiger charge is 2.46. The number of rotatable bonds is 18. The normalized spacial score (nSPS) is 21.5. The molecule has 2 bridgehead atoms. The summed E-state index contributed by atoms with van der Waals surface area (Å²) in [6, 6.07) is 11.1. The standard InChI is InChI=1S/C64H79F3N12O8/c1-8-47-50(65)13-9-42-31-46(86-40-84-7)33-48(55(42)47)57-56(66)58-49(34-68-57)59(78-36-44-10-11-45(37-78)79(44)62(83)87-63(2,3)4)71-61(70-58)85-30-29-74-23-19-64(67,20-24-74)38-76-27-25-75(26-28-76)35-41-17-21-77(22-18-41)43-12-14-51(53(32-43)72(5)39-80)73(6)52-15-16-54(81)69-60(52)82/h1,9,12-14,31-34,39,41,44-45,52H,10-11,15-30,35-38,40H2,2-7H3,(H,69,81,82). The van der Waals surface area contributed by atoms with Gasteiger partial charge in [-0.2, -0.15) is 9.97 Å². The molecule has 0 spiro atoms. The molecule has 11 rings (SSSR count). The van der Waals surface area contributed by atoms with Crippen LogP contribution in [0.3, 0.4) is 0 Å². The van der Waals surface area contributed by atoms with Gasteiger partial charge in [-0.1, -0.05) is 12.0 Å². The third kappa shape index (κ3) is 13.3. The Bertz CT molecular complexity index is 3420. The number of likely N-dealkylation sites (tertiary alicyclic amines) is 1. The largest absolute Gasteiger partial charge is 0.468 e. The topological polar surface area (TPSA) is 182 Å². The molecule has 6 aliphatic rings. The molecule has 3 aromatic carbocycles. The Kier molecular flexibility index (Phi) is 18.0. The number of hydrogen-bond acceptors (Lipinski definition) is 17. The number of carbonyl (C=O) groups excluding carboxylic acids is 4. The highest BCUT2D eigenvalue weighted by molar-refractivity contribution is 6.04. The van der Waals surface area contributed by atoms with Crippen LogP contribution in [-0.4, -0.2) is 208 Å². The van der Waals surface area contributed by atoms with Crippen molar-refractivity contribution in [1.82, 2.24) is 39.9 Å². The van der Waals surface area contributed by atoms with E-state index in [1.165, 1.54) is 24.3 Å². The van der Waals surface area contributed by atoms with Gasteiger partial charge in [-0.25, -0.2) is 18.0 Å². The number of imide groups is 1. The van der Waals surface area contributed by atoms with Crippen LogP contribution in [0.4, 0.5) is 40.8 Å². The second-order valence-corrected chi connectivity index (χ2v) is 25.2. The van der Waals surface area contributed by atoms with Crippen molar-refractivity contribution in [3.63, 3.8) is 0 Å². The van der Waals surface area contributed by atoms with Crippen LogP contribution in [0.2, 0.25) is 0 Å². The predicted molar refractivity (Wildman–Crippen MR) is 326 cm³/mol. The Hall–Kier alpha value is -7.52. The van der Waals surface area contributed by atoms with Gasteiger partial charge in [-0.05, 0) is 113 Å². The number of benzene rings is 3. The lowest BCUT2D eigenvalue weighted by molar-refractivity contribution is -0.134. The Morgan fingerprint density at radius 1 is 0.874 bits per heavy atom. The number of amides is 4. The van der Waals surface area contributed by atoms with E-state index in [1.807, 2.05) is 60.7 Å². The van der Waals surface area contributed by atoms with E-state index in [-0.39, 0.29) is 83.5 Å². The number of hydrogen-bond donors (Lipinski definition) is 1. The number of fused-ring (bicyclic) bond motifs is 4. The first-order chi connectivity index (χ1) is 41.8. The fourth-order valence-electron chi connectivity index (χ4n) is 13.6. The molecule has 0 radical (unpaired) electrons. The molecule has 6 saturated heterocycles. The Balaban J connectivity index is 0.705. The molecular weight excluding hydrogens is 1120 g/mol. The van der Waals surface area contributed by atoms with Gasteiger partial charge in [0, 0.05) is 136 Å². The van der Waals surface area contributed by atoms with Crippen molar-refractivity contribution in [3.05, 3.63) is 65.9 Å². The van der Waals surface area contributed by atoms with Crippen molar-refractivity contribution in [1.29, 1.82) is 0 Å². The molecule has 23 heteroatoms. The van der Waals surface area contributed by atoms with E-state index < -0.39 is 28.9 Å². The summed E-state index contributed by atoms with van der Waals surface area (Å²) in [6.45, 7) is 14.4. The summed E-state index contributed by atoms with van der Waals surface area (Å²) in [6.07, 6.45) is 12.8. The molecular formula is C64H79F3N12O8. The van der Waals surface area contributed by atoms with Crippen LogP contribution in [0.1, 0.15) is 77.7 Å². The van der Waals surface area contributed by atoms with Crippen molar-refractivity contribution in [2.75, 3.05) is 139 Å². The van der Waals surface area contributed by atoms with Gasteiger partial charge >= 0.3 is 12.1 Å². The third-order valence-corrected chi connectivity index (χ3v) is 18.2. The number of piperidine rings is 3. The number of nitrogens with one attached hydrogen (secondary N) is 1. The molecule has 0 aliphatic carbocycles. The molecule has 1 N–H and O–H groups in total. The molecule has 3 unspecified atom stereocenters. The van der Waals surface area contributed by atoms with Crippen LogP contribution >= 0.6 is 0 Å². The molecule has 5 aromatic rings. The highest BCUT2D eigenvalue weighted by atomic mass is 19.1. The second-order valence-electron chi connectivity index (χ2n) is 25.2. The summed E-state index contributed by atoms with van der Waals surface area (Å²) in [7, 11) is 5.00. The van der Waals surface area contributed by atoms with Gasteiger partial charge in [-0.3, -0.25) is 39.4 Å². The first kappa shape index (κ1) is 61.1. The predicted octanol–water partition coefficient (Wildman–Crippen LogP) is 7.23. The molecule has 20 nitrogen and oxygen atoms in total. The summed E-state index contributed by atoms with van der Waals surface area (Å²) in [5.74, 6) is 1.63. The summed E-state index contributed by atoms with van der Waals surface area (Å²) in [5.41, 5.74) is 0.381. The van der Waals surface area contributed by atoms with Gasteiger partial charge in [0.15, 0.2) is 12.6 Å². The molecule has 464 valence electrons.